The van der Waals surface area contributed by atoms with Gasteiger partial charge in [-0.3, -0.25) is 4.79 Å². The second kappa shape index (κ2) is 6.09. The first kappa shape index (κ1) is 16.2. The number of hydrogen-bond acceptors (Lipinski definition) is 3. The van der Waals surface area contributed by atoms with Crippen molar-refractivity contribution in [3.63, 3.8) is 0 Å². The van der Waals surface area contributed by atoms with Crippen molar-refractivity contribution in [1.82, 2.24) is 13.9 Å². The van der Waals surface area contributed by atoms with E-state index in [0.717, 1.165) is 25.2 Å². The van der Waals surface area contributed by atoms with E-state index in [0.29, 0.717) is 25.0 Å². The molecule has 1 saturated heterocycles. The van der Waals surface area contributed by atoms with Crippen molar-refractivity contribution >= 4 is 16.1 Å². The Hall–Kier alpha value is -0.660. The van der Waals surface area contributed by atoms with Crippen LogP contribution in [-0.4, -0.2) is 56.2 Å². The Morgan fingerprint density at radius 2 is 1.95 bits per heavy atom. The fourth-order valence-electron chi connectivity index (χ4n) is 4.32. The molecule has 3 fully saturated rings. The number of carbonyl (C=O) groups is 1. The van der Waals surface area contributed by atoms with E-state index in [1.165, 1.54) is 42.0 Å². The Balaban J connectivity index is 1.59. The molecule has 1 aliphatic heterocycles. The molecule has 4 atom stereocenters. The molecule has 1 amide bonds. The first-order valence-corrected chi connectivity index (χ1v) is 9.75. The van der Waals surface area contributed by atoms with Crippen LogP contribution in [0.2, 0.25) is 0 Å². The highest BCUT2D eigenvalue weighted by Crippen LogP contribution is 2.44. The van der Waals surface area contributed by atoms with Crippen LogP contribution in [0.4, 0.5) is 0 Å². The minimum atomic E-state index is -3.42. The second-order valence-corrected chi connectivity index (χ2v) is 9.42. The first-order valence-electron chi connectivity index (χ1n) is 8.36. The summed E-state index contributed by atoms with van der Waals surface area (Å²) in [6.07, 6.45) is 6.46. The zero-order valence-corrected chi connectivity index (χ0v) is 14.3. The number of nitrogens with zero attached hydrogens (tertiary/aromatic N) is 2. The van der Waals surface area contributed by atoms with Crippen molar-refractivity contribution in [3.05, 3.63) is 0 Å². The van der Waals surface area contributed by atoms with Crippen LogP contribution in [0, 0.1) is 17.8 Å². The summed E-state index contributed by atoms with van der Waals surface area (Å²) in [5, 5.41) is 3.21. The second-order valence-electron chi connectivity index (χ2n) is 7.28. The van der Waals surface area contributed by atoms with Gasteiger partial charge in [-0.25, -0.2) is 0 Å². The molecule has 0 spiro atoms. The van der Waals surface area contributed by atoms with Crippen LogP contribution >= 0.6 is 0 Å². The van der Waals surface area contributed by atoms with Gasteiger partial charge >= 0.3 is 0 Å². The van der Waals surface area contributed by atoms with Crippen LogP contribution in [-0.2, 0) is 15.0 Å². The van der Waals surface area contributed by atoms with E-state index in [1.807, 2.05) is 0 Å². The number of carbonyl (C=O) groups excluding carboxylic acids is 1. The first-order chi connectivity index (χ1) is 10.4. The largest absolute Gasteiger partial charge is 0.353 e. The topological polar surface area (TPSA) is 69.7 Å². The minimum Gasteiger partial charge on any atom is -0.353 e. The summed E-state index contributed by atoms with van der Waals surface area (Å²) in [5.41, 5.74) is 0. The van der Waals surface area contributed by atoms with Crippen molar-refractivity contribution in [2.75, 3.05) is 27.2 Å². The summed E-state index contributed by atoms with van der Waals surface area (Å²) < 4.78 is 27.1. The van der Waals surface area contributed by atoms with E-state index in [2.05, 4.69) is 5.32 Å². The van der Waals surface area contributed by atoms with Crippen LogP contribution in [0.5, 0.6) is 0 Å². The number of nitrogens with one attached hydrogen (secondary N) is 1. The Kier molecular flexibility index (Phi) is 4.49. The number of amides is 1. The third kappa shape index (κ3) is 3.03. The smallest absolute Gasteiger partial charge is 0.281 e. The summed E-state index contributed by atoms with van der Waals surface area (Å²) >= 11 is 0. The molecule has 126 valence electrons. The molecule has 2 saturated carbocycles. The third-order valence-corrected chi connectivity index (χ3v) is 7.52. The molecule has 0 aromatic carbocycles. The van der Waals surface area contributed by atoms with Crippen LogP contribution in [0.3, 0.4) is 0 Å². The summed E-state index contributed by atoms with van der Waals surface area (Å²) in [4.78, 5) is 12.5. The minimum absolute atomic E-state index is 0.0520. The highest BCUT2D eigenvalue weighted by atomic mass is 32.2. The third-order valence-electron chi connectivity index (χ3n) is 5.61. The lowest BCUT2D eigenvalue weighted by Gasteiger charge is -2.34. The molecular weight excluding hydrogens is 302 g/mol. The van der Waals surface area contributed by atoms with Crippen molar-refractivity contribution in [3.8, 4) is 0 Å². The number of piperidine rings is 1. The summed E-state index contributed by atoms with van der Waals surface area (Å²) in [7, 11) is -0.343. The normalized spacial score (nSPS) is 36.0. The molecule has 1 N–H and O–H groups in total. The van der Waals surface area contributed by atoms with Gasteiger partial charge in [-0.15, -0.1) is 0 Å². The van der Waals surface area contributed by atoms with Gasteiger partial charge < -0.3 is 5.32 Å². The molecule has 6 nitrogen and oxygen atoms in total. The fourth-order valence-corrected chi connectivity index (χ4v) is 5.51. The molecule has 0 aromatic heterocycles. The van der Waals surface area contributed by atoms with Crippen LogP contribution in [0.25, 0.3) is 0 Å². The average molecular weight is 329 g/mol. The van der Waals surface area contributed by atoms with Gasteiger partial charge in [-0.05, 0) is 43.9 Å². The van der Waals surface area contributed by atoms with Gasteiger partial charge in [-0.2, -0.15) is 17.0 Å². The number of hydrogen-bond donors (Lipinski definition) is 1. The predicted molar refractivity (Wildman–Crippen MR) is 84.3 cm³/mol. The Morgan fingerprint density at radius 1 is 1.18 bits per heavy atom. The van der Waals surface area contributed by atoms with Gasteiger partial charge in [0.05, 0.1) is 5.92 Å². The van der Waals surface area contributed by atoms with Gasteiger partial charge in [-0.1, -0.05) is 6.42 Å². The van der Waals surface area contributed by atoms with Crippen molar-refractivity contribution in [2.24, 2.45) is 17.8 Å². The molecule has 0 unspecified atom stereocenters. The highest BCUT2D eigenvalue weighted by Gasteiger charge is 2.41. The molecule has 0 radical (unpaired) electrons. The Labute approximate surface area is 133 Å². The van der Waals surface area contributed by atoms with Gasteiger partial charge in [0.15, 0.2) is 0 Å². The van der Waals surface area contributed by atoms with Crippen LogP contribution < -0.4 is 5.32 Å². The predicted octanol–water partition coefficient (Wildman–Crippen LogP) is 0.810. The SMILES string of the molecule is CN(C)S(=O)(=O)N1CCC[C@H](C(=O)N[C@@H]2C[C@@H]3CC[C@@H]2C3)C1. The lowest BCUT2D eigenvalue weighted by Crippen LogP contribution is -2.50. The van der Waals surface area contributed by atoms with Gasteiger partial charge in [0, 0.05) is 33.2 Å². The molecule has 7 heteroatoms. The Bertz CT molecular complexity index is 534. The van der Waals surface area contributed by atoms with E-state index in [4.69, 9.17) is 0 Å². The zero-order chi connectivity index (χ0) is 15.9. The average Bonchev–Trinajstić information content (AvgIpc) is 3.09. The quantitative estimate of drug-likeness (QED) is 0.830. The van der Waals surface area contributed by atoms with Gasteiger partial charge in [0.25, 0.3) is 10.2 Å². The molecule has 2 aliphatic carbocycles. The maximum Gasteiger partial charge on any atom is 0.281 e. The van der Waals surface area contributed by atoms with Crippen molar-refractivity contribution < 1.29 is 13.2 Å². The van der Waals surface area contributed by atoms with E-state index in [9.17, 15) is 13.2 Å². The van der Waals surface area contributed by atoms with Crippen LogP contribution in [0.15, 0.2) is 0 Å². The zero-order valence-electron chi connectivity index (χ0n) is 13.5. The summed E-state index contributed by atoms with van der Waals surface area (Å²) in [6.45, 7) is 0.825. The Morgan fingerprint density at radius 3 is 2.55 bits per heavy atom. The van der Waals surface area contributed by atoms with Crippen molar-refractivity contribution in [1.29, 1.82) is 0 Å². The van der Waals surface area contributed by atoms with Crippen LogP contribution in [0.1, 0.15) is 38.5 Å². The van der Waals surface area contributed by atoms with E-state index >= 15 is 0 Å². The lowest BCUT2D eigenvalue weighted by atomic mass is 9.93. The van der Waals surface area contributed by atoms with Crippen molar-refractivity contribution in [2.45, 2.75) is 44.6 Å². The van der Waals surface area contributed by atoms with E-state index < -0.39 is 10.2 Å². The molecular formula is C15H27N3O3S. The summed E-state index contributed by atoms with van der Waals surface area (Å²) in [6, 6.07) is 0.326. The summed E-state index contributed by atoms with van der Waals surface area (Å²) in [5.74, 6) is 1.30. The molecule has 2 bridgehead atoms. The maximum absolute atomic E-state index is 12.5. The molecule has 0 aromatic rings. The number of rotatable bonds is 4. The molecule has 22 heavy (non-hydrogen) atoms. The van der Waals surface area contributed by atoms with E-state index in [1.54, 1.807) is 0 Å². The fraction of sp³-hybridized carbons (Fsp3) is 0.933. The highest BCUT2D eigenvalue weighted by molar-refractivity contribution is 7.86. The van der Waals surface area contributed by atoms with Gasteiger partial charge in [0.2, 0.25) is 5.91 Å². The van der Waals surface area contributed by atoms with Gasteiger partial charge in [0.1, 0.15) is 0 Å². The molecule has 3 aliphatic rings. The number of fused-ring (bicyclic) bond motifs is 2. The maximum atomic E-state index is 12.5. The lowest BCUT2D eigenvalue weighted by molar-refractivity contribution is -0.127. The van der Waals surface area contributed by atoms with E-state index in [-0.39, 0.29) is 11.8 Å². The molecule has 3 rings (SSSR count). The standard InChI is InChI=1S/C15H27N3O3S/c1-17(2)22(20,21)18-7-3-4-13(10-18)15(19)16-14-9-11-5-6-12(14)8-11/h11-14H,3-10H2,1-2H3,(H,16,19)/t11-,12-,13+,14-/m1/s1. The molecule has 1 heterocycles. The monoisotopic (exact) mass is 329 g/mol.